The lowest BCUT2D eigenvalue weighted by Gasteiger charge is -2.19. The zero-order valence-corrected chi connectivity index (χ0v) is 25.0. The fourth-order valence-electron chi connectivity index (χ4n) is 4.28. The van der Waals surface area contributed by atoms with E-state index in [2.05, 4.69) is 31.4 Å². The predicted molar refractivity (Wildman–Crippen MR) is 163 cm³/mol. The second-order valence-electron chi connectivity index (χ2n) is 9.29. The monoisotopic (exact) mass is 670 g/mol. The van der Waals surface area contributed by atoms with Crippen LogP contribution >= 0.6 is 39.3 Å². The first-order chi connectivity index (χ1) is 20.2. The number of thioether (sulfide) groups is 1. The van der Waals surface area contributed by atoms with Gasteiger partial charge in [-0.3, -0.25) is 4.79 Å². The Balaban J connectivity index is 1.50. The van der Waals surface area contributed by atoms with Gasteiger partial charge < -0.3 is 9.88 Å². The molecule has 0 saturated carbocycles. The van der Waals surface area contributed by atoms with Gasteiger partial charge in [0.2, 0.25) is 5.91 Å². The summed E-state index contributed by atoms with van der Waals surface area (Å²) in [5, 5.41) is 11.2. The van der Waals surface area contributed by atoms with E-state index in [4.69, 9.17) is 11.6 Å². The van der Waals surface area contributed by atoms with E-state index >= 15 is 0 Å². The van der Waals surface area contributed by atoms with Gasteiger partial charge in [-0.05, 0) is 47.9 Å². The average Bonchev–Trinajstić information content (AvgIpc) is 3.39. The highest BCUT2D eigenvalue weighted by atomic mass is 79.9. The number of carbonyl (C=O) groups excluding carboxylic acids is 1. The first kappa shape index (κ1) is 29.9. The first-order valence-electron chi connectivity index (χ1n) is 12.8. The van der Waals surface area contributed by atoms with Gasteiger partial charge in [-0.2, -0.15) is 13.2 Å². The molecule has 1 heterocycles. The second-order valence-corrected chi connectivity index (χ2v) is 11.7. The van der Waals surface area contributed by atoms with Crippen LogP contribution in [0.5, 0.6) is 0 Å². The van der Waals surface area contributed by atoms with Gasteiger partial charge >= 0.3 is 6.18 Å². The number of rotatable bonds is 9. The molecule has 5 rings (SSSR count). The summed E-state index contributed by atoms with van der Waals surface area (Å²) in [4.78, 5) is 13.7. The molecule has 1 atom stereocenters. The average molecular weight is 672 g/mol. The van der Waals surface area contributed by atoms with Crippen molar-refractivity contribution < 1.29 is 18.0 Å². The number of anilines is 1. The lowest BCUT2D eigenvalue weighted by Crippen LogP contribution is -2.20. The Morgan fingerprint density at radius 1 is 0.929 bits per heavy atom. The normalized spacial score (nSPS) is 12.2. The summed E-state index contributed by atoms with van der Waals surface area (Å²) in [5.74, 6) is 0.0873. The van der Waals surface area contributed by atoms with Crippen molar-refractivity contribution in [1.29, 1.82) is 0 Å². The van der Waals surface area contributed by atoms with Gasteiger partial charge in [0.05, 0.1) is 16.3 Å². The molecular formula is C31H23BrClF3N4OS. The van der Waals surface area contributed by atoms with Crippen LogP contribution in [0.3, 0.4) is 0 Å². The number of hydrogen-bond acceptors (Lipinski definition) is 4. The highest BCUT2D eigenvalue weighted by Crippen LogP contribution is 2.39. The smallest absolute Gasteiger partial charge is 0.323 e. The Kier molecular flexibility index (Phi) is 9.35. The zero-order valence-electron chi connectivity index (χ0n) is 21.9. The van der Waals surface area contributed by atoms with Gasteiger partial charge in [0, 0.05) is 16.6 Å². The Morgan fingerprint density at radius 3 is 2.26 bits per heavy atom. The van der Waals surface area contributed by atoms with Crippen LogP contribution in [0, 0.1) is 0 Å². The molecule has 0 fully saturated rings. The van der Waals surface area contributed by atoms with Gasteiger partial charge in [0.1, 0.15) is 5.25 Å². The summed E-state index contributed by atoms with van der Waals surface area (Å²) in [7, 11) is 0. The third-order valence-electron chi connectivity index (χ3n) is 6.40. The summed E-state index contributed by atoms with van der Waals surface area (Å²) in [6.07, 6.45) is -3.89. The number of carbonyl (C=O) groups is 1. The fourth-order valence-corrected chi connectivity index (χ4v) is 5.77. The van der Waals surface area contributed by atoms with Crippen molar-refractivity contribution in [1.82, 2.24) is 14.8 Å². The molecule has 0 bridgehead atoms. The number of nitrogens with one attached hydrogen (secondary N) is 1. The second kappa shape index (κ2) is 13.1. The minimum atomic E-state index is -4.59. The molecule has 0 aliphatic carbocycles. The van der Waals surface area contributed by atoms with Crippen LogP contribution in [0.15, 0.2) is 113 Å². The summed E-state index contributed by atoms with van der Waals surface area (Å²) in [5.41, 5.74) is 1.58. The largest absolute Gasteiger partial charge is 0.416 e. The van der Waals surface area contributed by atoms with Crippen LogP contribution in [-0.4, -0.2) is 20.7 Å². The number of benzene rings is 4. The quantitative estimate of drug-likeness (QED) is 0.159. The molecule has 1 amide bonds. The number of amides is 1. The molecule has 0 saturated heterocycles. The maximum Gasteiger partial charge on any atom is 0.416 e. The zero-order chi connectivity index (χ0) is 29.7. The lowest BCUT2D eigenvalue weighted by atomic mass is 10.1. The van der Waals surface area contributed by atoms with E-state index in [0.29, 0.717) is 29.5 Å². The Hall–Kier alpha value is -3.60. The van der Waals surface area contributed by atoms with Gasteiger partial charge in [0.25, 0.3) is 0 Å². The van der Waals surface area contributed by atoms with E-state index in [1.165, 1.54) is 11.8 Å². The molecule has 0 aliphatic rings. The van der Waals surface area contributed by atoms with Crippen LogP contribution in [0.4, 0.5) is 18.9 Å². The highest BCUT2D eigenvalue weighted by Gasteiger charge is 2.32. The molecule has 4 aromatic carbocycles. The molecule has 0 radical (unpaired) electrons. The van der Waals surface area contributed by atoms with Crippen molar-refractivity contribution in [2.45, 2.75) is 29.5 Å². The van der Waals surface area contributed by atoms with Gasteiger partial charge in [0.15, 0.2) is 11.0 Å². The van der Waals surface area contributed by atoms with Crippen molar-refractivity contribution >= 4 is 50.9 Å². The summed E-state index contributed by atoms with van der Waals surface area (Å²) in [6.45, 7) is 0.535. The standard InChI is InChI=1S/C31H23BrClF3N4OS/c32-24-14-11-22(12-15-24)28-38-39-30(40(28)18-17-20-7-3-1-4-8-20)42-27(21-9-5-2-6-10-21)29(41)37-26-19-23(31(34,35)36)13-16-25(26)33/h1-16,19,27H,17-18H2,(H,37,41)/t27-/m1/s1. The maximum atomic E-state index is 13.7. The number of alkyl halides is 3. The number of nitrogens with zero attached hydrogens (tertiary/aromatic N) is 3. The van der Waals surface area contributed by atoms with Gasteiger partial charge in [-0.1, -0.05) is 112 Å². The number of aryl methyl sites for hydroxylation is 1. The van der Waals surface area contributed by atoms with Crippen LogP contribution in [0.2, 0.25) is 5.02 Å². The Bertz CT molecular complexity index is 1670. The van der Waals surface area contributed by atoms with Crippen molar-refractivity contribution in [2.24, 2.45) is 0 Å². The molecule has 1 N–H and O–H groups in total. The molecule has 42 heavy (non-hydrogen) atoms. The molecule has 5 nitrogen and oxygen atoms in total. The van der Waals surface area contributed by atoms with E-state index in [1.807, 2.05) is 65.2 Å². The third kappa shape index (κ3) is 7.24. The van der Waals surface area contributed by atoms with E-state index < -0.39 is 22.9 Å². The molecule has 214 valence electrons. The molecular weight excluding hydrogens is 649 g/mol. The van der Waals surface area contributed by atoms with E-state index in [-0.39, 0.29) is 10.7 Å². The fraction of sp³-hybridized carbons (Fsp3) is 0.129. The summed E-state index contributed by atoms with van der Waals surface area (Å²) >= 11 is 10.8. The van der Waals surface area contributed by atoms with E-state index in [9.17, 15) is 18.0 Å². The molecule has 0 spiro atoms. The summed E-state index contributed by atoms with van der Waals surface area (Å²) in [6, 6.07) is 29.5. The van der Waals surface area contributed by atoms with Crippen molar-refractivity contribution in [2.75, 3.05) is 5.32 Å². The molecule has 1 aromatic heterocycles. The maximum absolute atomic E-state index is 13.7. The molecule has 5 aromatic rings. The molecule has 11 heteroatoms. The van der Waals surface area contributed by atoms with Gasteiger partial charge in [-0.15, -0.1) is 10.2 Å². The van der Waals surface area contributed by atoms with Crippen LogP contribution < -0.4 is 5.32 Å². The van der Waals surface area contributed by atoms with Crippen molar-refractivity contribution in [3.05, 3.63) is 129 Å². The summed E-state index contributed by atoms with van der Waals surface area (Å²) < 4.78 is 43.0. The number of halogens is 5. The molecule has 0 aliphatic heterocycles. The SMILES string of the molecule is O=C(Nc1cc(C(F)(F)F)ccc1Cl)[C@H](Sc1nnc(-c2ccc(Br)cc2)n1CCc1ccccc1)c1ccccc1. The molecule has 0 unspecified atom stereocenters. The van der Waals surface area contributed by atoms with Gasteiger partial charge in [-0.25, -0.2) is 0 Å². The predicted octanol–water partition coefficient (Wildman–Crippen LogP) is 9.09. The lowest BCUT2D eigenvalue weighted by molar-refractivity contribution is -0.137. The van der Waals surface area contributed by atoms with E-state index in [0.717, 1.165) is 33.8 Å². The van der Waals surface area contributed by atoms with Crippen LogP contribution in [0.25, 0.3) is 11.4 Å². The Labute approximate surface area is 258 Å². The van der Waals surface area contributed by atoms with Crippen LogP contribution in [-0.2, 0) is 23.9 Å². The van der Waals surface area contributed by atoms with Crippen LogP contribution in [0.1, 0.15) is 21.9 Å². The highest BCUT2D eigenvalue weighted by molar-refractivity contribution is 9.10. The van der Waals surface area contributed by atoms with E-state index in [1.54, 1.807) is 24.3 Å². The topological polar surface area (TPSA) is 59.8 Å². The van der Waals surface area contributed by atoms with Crippen molar-refractivity contribution in [3.8, 4) is 11.4 Å². The minimum Gasteiger partial charge on any atom is -0.323 e. The number of hydrogen-bond donors (Lipinski definition) is 1. The minimum absolute atomic E-state index is 0.00304. The Morgan fingerprint density at radius 2 is 1.60 bits per heavy atom. The first-order valence-corrected chi connectivity index (χ1v) is 14.9. The number of aromatic nitrogens is 3. The van der Waals surface area contributed by atoms with Crippen molar-refractivity contribution in [3.63, 3.8) is 0 Å². The third-order valence-corrected chi connectivity index (χ3v) is 8.49.